The quantitative estimate of drug-likeness (QED) is 0.641. The minimum atomic E-state index is 0.559. The predicted octanol–water partition coefficient (Wildman–Crippen LogP) is 1.36. The molecule has 1 aliphatic rings. The fourth-order valence-corrected chi connectivity index (χ4v) is 2.46. The molecule has 1 N–H and O–H groups in total. The minimum absolute atomic E-state index is 0.559. The Labute approximate surface area is 112 Å². The van der Waals surface area contributed by atoms with Gasteiger partial charge in [-0.1, -0.05) is 13.8 Å². The van der Waals surface area contributed by atoms with Gasteiger partial charge in [-0.25, -0.2) is 0 Å². The average Bonchev–Trinajstić information content (AvgIpc) is 2.92. The van der Waals surface area contributed by atoms with Gasteiger partial charge in [-0.15, -0.1) is 0 Å². The Bertz CT molecular complexity index is 196. The van der Waals surface area contributed by atoms with Crippen molar-refractivity contribution in [3.05, 3.63) is 0 Å². The van der Waals surface area contributed by atoms with E-state index in [1.54, 1.807) is 7.11 Å². The van der Waals surface area contributed by atoms with Crippen LogP contribution in [0.5, 0.6) is 0 Å². The first-order valence-electron chi connectivity index (χ1n) is 7.34. The third kappa shape index (κ3) is 5.65. The molecule has 0 saturated carbocycles. The van der Waals surface area contributed by atoms with E-state index in [-0.39, 0.29) is 0 Å². The van der Waals surface area contributed by atoms with E-state index in [0.717, 1.165) is 46.0 Å². The summed E-state index contributed by atoms with van der Waals surface area (Å²) in [6.07, 6.45) is 2.39. The maximum absolute atomic E-state index is 5.53. The smallest absolute Gasteiger partial charge is 0.0589 e. The van der Waals surface area contributed by atoms with Crippen LogP contribution in [0.1, 0.15) is 26.7 Å². The molecule has 0 aromatic heterocycles. The second-order valence-electron chi connectivity index (χ2n) is 5.07. The summed E-state index contributed by atoms with van der Waals surface area (Å²) in [7, 11) is 1.77. The van der Waals surface area contributed by atoms with Crippen LogP contribution in [-0.2, 0) is 9.47 Å². The van der Waals surface area contributed by atoms with Crippen molar-refractivity contribution < 1.29 is 9.47 Å². The lowest BCUT2D eigenvalue weighted by atomic mass is 9.98. The van der Waals surface area contributed by atoms with E-state index in [4.69, 9.17) is 9.47 Å². The highest BCUT2D eigenvalue weighted by atomic mass is 16.5. The van der Waals surface area contributed by atoms with Crippen molar-refractivity contribution in [2.24, 2.45) is 5.92 Å². The van der Waals surface area contributed by atoms with Gasteiger partial charge >= 0.3 is 0 Å². The lowest BCUT2D eigenvalue weighted by Gasteiger charge is -2.30. The molecule has 0 bridgehead atoms. The third-order valence-electron chi connectivity index (χ3n) is 3.70. The molecule has 0 amide bonds. The zero-order chi connectivity index (χ0) is 13.2. The molecule has 4 heteroatoms. The van der Waals surface area contributed by atoms with Gasteiger partial charge in [0.2, 0.25) is 0 Å². The molecule has 1 aliphatic heterocycles. The lowest BCUT2D eigenvalue weighted by Crippen LogP contribution is -2.47. The van der Waals surface area contributed by atoms with Crippen LogP contribution in [-0.4, -0.2) is 64.1 Å². The summed E-state index contributed by atoms with van der Waals surface area (Å²) < 4.78 is 10.7. The molecule has 108 valence electrons. The molecular formula is C14H30N2O2. The molecule has 18 heavy (non-hydrogen) atoms. The summed E-state index contributed by atoms with van der Waals surface area (Å²) >= 11 is 0. The van der Waals surface area contributed by atoms with Crippen molar-refractivity contribution in [3.8, 4) is 0 Å². The predicted molar refractivity (Wildman–Crippen MR) is 75.0 cm³/mol. The van der Waals surface area contributed by atoms with Gasteiger partial charge in [-0.3, -0.25) is 4.90 Å². The van der Waals surface area contributed by atoms with Crippen molar-refractivity contribution >= 4 is 0 Å². The molecule has 0 aromatic carbocycles. The Balaban J connectivity index is 2.41. The highest BCUT2D eigenvalue weighted by Crippen LogP contribution is 2.17. The molecule has 0 aromatic rings. The van der Waals surface area contributed by atoms with Crippen LogP contribution in [0, 0.1) is 5.92 Å². The largest absolute Gasteiger partial charge is 0.383 e. The van der Waals surface area contributed by atoms with Crippen LogP contribution >= 0.6 is 0 Å². The molecule has 2 atom stereocenters. The van der Waals surface area contributed by atoms with Gasteiger partial charge < -0.3 is 14.8 Å². The van der Waals surface area contributed by atoms with E-state index < -0.39 is 0 Å². The first-order chi connectivity index (χ1) is 8.81. The molecule has 1 fully saturated rings. The highest BCUT2D eigenvalue weighted by Gasteiger charge is 2.26. The Morgan fingerprint density at radius 2 is 2.28 bits per heavy atom. The summed E-state index contributed by atoms with van der Waals surface area (Å²) in [5.74, 6) is 0.674. The van der Waals surface area contributed by atoms with Gasteiger partial charge in [0.15, 0.2) is 0 Å². The molecule has 1 rings (SSSR count). The second-order valence-corrected chi connectivity index (χ2v) is 5.07. The van der Waals surface area contributed by atoms with Crippen LogP contribution < -0.4 is 5.32 Å². The van der Waals surface area contributed by atoms with Gasteiger partial charge in [0, 0.05) is 38.8 Å². The Morgan fingerprint density at radius 1 is 1.44 bits per heavy atom. The number of nitrogens with one attached hydrogen (secondary N) is 1. The first-order valence-corrected chi connectivity index (χ1v) is 7.34. The Kier molecular flexibility index (Phi) is 8.59. The average molecular weight is 258 g/mol. The maximum atomic E-state index is 5.53. The Hall–Kier alpha value is -0.160. The number of hydrogen-bond acceptors (Lipinski definition) is 4. The molecule has 1 heterocycles. The standard InChI is InChI=1S/C14H30N2O2/c1-4-7-15-14(13-6-9-18-12-13)11-16(5-2)8-10-17-3/h13-15H,4-12H2,1-3H3. The van der Waals surface area contributed by atoms with Crippen LogP contribution in [0.25, 0.3) is 0 Å². The fourth-order valence-electron chi connectivity index (χ4n) is 2.46. The van der Waals surface area contributed by atoms with E-state index in [0.29, 0.717) is 12.0 Å². The summed E-state index contributed by atoms with van der Waals surface area (Å²) in [6.45, 7) is 11.4. The summed E-state index contributed by atoms with van der Waals surface area (Å²) in [4.78, 5) is 2.47. The van der Waals surface area contributed by atoms with Crippen molar-refractivity contribution in [3.63, 3.8) is 0 Å². The van der Waals surface area contributed by atoms with Gasteiger partial charge in [-0.05, 0) is 25.9 Å². The molecule has 0 aliphatic carbocycles. The Morgan fingerprint density at radius 3 is 2.83 bits per heavy atom. The SMILES string of the molecule is CCCNC(CN(CC)CCOC)C1CCOC1. The van der Waals surface area contributed by atoms with Crippen LogP contribution in [0.3, 0.4) is 0 Å². The van der Waals surface area contributed by atoms with E-state index >= 15 is 0 Å². The van der Waals surface area contributed by atoms with Crippen molar-refractivity contribution in [1.82, 2.24) is 10.2 Å². The normalized spacial score (nSPS) is 21.7. The van der Waals surface area contributed by atoms with Crippen molar-refractivity contribution in [1.29, 1.82) is 0 Å². The molecule has 0 spiro atoms. The van der Waals surface area contributed by atoms with Crippen molar-refractivity contribution in [2.75, 3.05) is 53.1 Å². The zero-order valence-electron chi connectivity index (χ0n) is 12.3. The molecule has 2 unspecified atom stereocenters. The molecular weight excluding hydrogens is 228 g/mol. The summed E-state index contributed by atoms with van der Waals surface area (Å²) in [6, 6.07) is 0.559. The van der Waals surface area contributed by atoms with Gasteiger partial charge in [0.05, 0.1) is 13.2 Å². The van der Waals surface area contributed by atoms with E-state index in [1.165, 1.54) is 12.8 Å². The maximum Gasteiger partial charge on any atom is 0.0589 e. The molecule has 0 radical (unpaired) electrons. The van der Waals surface area contributed by atoms with Crippen LogP contribution in [0.4, 0.5) is 0 Å². The number of rotatable bonds is 10. The third-order valence-corrected chi connectivity index (χ3v) is 3.70. The minimum Gasteiger partial charge on any atom is -0.383 e. The number of methoxy groups -OCH3 is 1. The van der Waals surface area contributed by atoms with E-state index in [2.05, 4.69) is 24.1 Å². The fraction of sp³-hybridized carbons (Fsp3) is 1.00. The monoisotopic (exact) mass is 258 g/mol. The number of nitrogens with zero attached hydrogens (tertiary/aromatic N) is 1. The highest BCUT2D eigenvalue weighted by molar-refractivity contribution is 4.82. The van der Waals surface area contributed by atoms with Gasteiger partial charge in [0.25, 0.3) is 0 Å². The van der Waals surface area contributed by atoms with Gasteiger partial charge in [0.1, 0.15) is 0 Å². The molecule has 4 nitrogen and oxygen atoms in total. The number of likely N-dealkylation sites (N-methyl/N-ethyl adjacent to an activating group) is 1. The molecule has 1 saturated heterocycles. The van der Waals surface area contributed by atoms with E-state index in [9.17, 15) is 0 Å². The topological polar surface area (TPSA) is 33.7 Å². The second kappa shape index (κ2) is 9.73. The van der Waals surface area contributed by atoms with Gasteiger partial charge in [-0.2, -0.15) is 0 Å². The first kappa shape index (κ1) is 15.9. The number of ether oxygens (including phenoxy) is 2. The van der Waals surface area contributed by atoms with E-state index in [1.807, 2.05) is 0 Å². The van der Waals surface area contributed by atoms with Crippen LogP contribution in [0.2, 0.25) is 0 Å². The number of hydrogen-bond donors (Lipinski definition) is 1. The van der Waals surface area contributed by atoms with Crippen LogP contribution in [0.15, 0.2) is 0 Å². The summed E-state index contributed by atoms with van der Waals surface area (Å²) in [5, 5.41) is 3.69. The van der Waals surface area contributed by atoms with Crippen molar-refractivity contribution in [2.45, 2.75) is 32.7 Å². The summed E-state index contributed by atoms with van der Waals surface area (Å²) in [5.41, 5.74) is 0. The lowest BCUT2D eigenvalue weighted by molar-refractivity contribution is 0.129. The zero-order valence-corrected chi connectivity index (χ0v) is 12.3.